The van der Waals surface area contributed by atoms with E-state index in [-0.39, 0.29) is 0 Å². The Labute approximate surface area is 95.2 Å². The van der Waals surface area contributed by atoms with E-state index in [9.17, 15) is 0 Å². The Kier molecular flexibility index (Phi) is 3.64. The Morgan fingerprint density at radius 2 is 1.87 bits per heavy atom. The molecule has 80 valence electrons. The molecule has 0 bridgehead atoms. The summed E-state index contributed by atoms with van der Waals surface area (Å²) in [5.74, 6) is 0. The molecule has 0 radical (unpaired) electrons. The van der Waals surface area contributed by atoms with Crippen LogP contribution in [0.4, 0.5) is 5.69 Å². The van der Waals surface area contributed by atoms with Gasteiger partial charge in [0.25, 0.3) is 0 Å². The fourth-order valence-corrected chi connectivity index (χ4v) is 1.53. The summed E-state index contributed by atoms with van der Waals surface area (Å²) < 4.78 is 5.25. The van der Waals surface area contributed by atoms with E-state index in [1.54, 1.807) is 0 Å². The molecule has 2 rings (SSSR count). The molecular weight excluding hydrogens is 208 g/mol. The first-order valence-corrected chi connectivity index (χ1v) is 5.44. The van der Waals surface area contributed by atoms with Crippen molar-refractivity contribution in [1.29, 1.82) is 0 Å². The van der Waals surface area contributed by atoms with E-state index in [1.807, 2.05) is 30.6 Å². The van der Waals surface area contributed by atoms with Gasteiger partial charge in [-0.25, -0.2) is 4.99 Å². The highest BCUT2D eigenvalue weighted by Crippen LogP contribution is 2.14. The number of rotatable bonds is 2. The lowest BCUT2D eigenvalue weighted by molar-refractivity contribution is 0.0701. The number of hydrogen-bond donors (Lipinski definition) is 1. The van der Waals surface area contributed by atoms with Crippen LogP contribution in [0.25, 0.3) is 0 Å². The molecule has 0 amide bonds. The minimum atomic E-state index is 0.793. The summed E-state index contributed by atoms with van der Waals surface area (Å²) in [5, 5.41) is 0. The molecule has 4 heteroatoms. The van der Waals surface area contributed by atoms with Crippen LogP contribution in [0.1, 0.15) is 0 Å². The van der Waals surface area contributed by atoms with E-state index in [0.717, 1.165) is 36.9 Å². The minimum Gasteiger partial charge on any atom is -0.378 e. The van der Waals surface area contributed by atoms with Gasteiger partial charge in [0.2, 0.25) is 0 Å². The van der Waals surface area contributed by atoms with E-state index >= 15 is 0 Å². The Hall–Kier alpha value is -1.00. The van der Waals surface area contributed by atoms with Crippen molar-refractivity contribution >= 4 is 24.7 Å². The lowest BCUT2D eigenvalue weighted by Crippen LogP contribution is -2.34. The summed E-state index contributed by atoms with van der Waals surface area (Å²) in [6, 6.07) is 7.79. The van der Waals surface area contributed by atoms with Crippen molar-refractivity contribution < 1.29 is 4.74 Å². The Morgan fingerprint density at radius 1 is 1.20 bits per heavy atom. The third-order valence-electron chi connectivity index (χ3n) is 2.27. The van der Waals surface area contributed by atoms with E-state index in [2.05, 4.69) is 22.5 Å². The minimum absolute atomic E-state index is 0.793. The summed E-state index contributed by atoms with van der Waals surface area (Å²) in [5.41, 5.74) is 0.958. The zero-order chi connectivity index (χ0) is 10.5. The topological polar surface area (TPSA) is 24.8 Å². The van der Waals surface area contributed by atoms with Gasteiger partial charge in [0.05, 0.1) is 25.2 Å². The summed E-state index contributed by atoms with van der Waals surface area (Å²) in [7, 11) is 0. The first-order valence-electron chi connectivity index (χ1n) is 4.99. The second-order valence-electron chi connectivity index (χ2n) is 3.41. The van der Waals surface area contributed by atoms with E-state index in [0.29, 0.717) is 0 Å². The third-order valence-corrected chi connectivity index (χ3v) is 2.56. The van der Waals surface area contributed by atoms with Crippen molar-refractivity contribution in [2.75, 3.05) is 26.3 Å². The van der Waals surface area contributed by atoms with Crippen molar-refractivity contribution in [3.8, 4) is 0 Å². The van der Waals surface area contributed by atoms with Gasteiger partial charge in [-0.05, 0) is 24.3 Å². The molecule has 0 atom stereocenters. The second kappa shape index (κ2) is 5.19. The van der Waals surface area contributed by atoms with Crippen molar-refractivity contribution in [2.45, 2.75) is 4.90 Å². The molecule has 1 aromatic rings. The van der Waals surface area contributed by atoms with E-state index < -0.39 is 0 Å². The van der Waals surface area contributed by atoms with Gasteiger partial charge < -0.3 is 9.64 Å². The van der Waals surface area contributed by atoms with Crippen LogP contribution in [-0.2, 0) is 4.74 Å². The van der Waals surface area contributed by atoms with Gasteiger partial charge in [-0.15, -0.1) is 12.6 Å². The standard InChI is InChI=1S/C11H14N2OS/c15-11-3-1-10(2-4-11)12-9-13-5-7-14-8-6-13/h1-4,9,15H,5-8H2. The Bertz CT molecular complexity index is 331. The van der Waals surface area contributed by atoms with E-state index in [4.69, 9.17) is 4.74 Å². The van der Waals surface area contributed by atoms with Crippen LogP contribution in [-0.4, -0.2) is 37.5 Å². The molecule has 1 heterocycles. The number of benzene rings is 1. The van der Waals surface area contributed by atoms with Crippen molar-refractivity contribution in [3.05, 3.63) is 24.3 Å². The molecule has 1 fully saturated rings. The van der Waals surface area contributed by atoms with Crippen molar-refractivity contribution in [1.82, 2.24) is 4.90 Å². The molecule has 15 heavy (non-hydrogen) atoms. The third kappa shape index (κ3) is 3.25. The fourth-order valence-electron chi connectivity index (χ4n) is 1.38. The molecule has 0 aromatic heterocycles. The van der Waals surface area contributed by atoms with Gasteiger partial charge in [-0.3, -0.25) is 0 Å². The van der Waals surface area contributed by atoms with Crippen LogP contribution in [0, 0.1) is 0 Å². The number of nitrogens with zero attached hydrogens (tertiary/aromatic N) is 2. The molecule has 1 aliphatic heterocycles. The predicted octanol–water partition coefficient (Wildman–Crippen LogP) is 1.97. The molecule has 0 unspecified atom stereocenters. The first-order chi connectivity index (χ1) is 7.34. The van der Waals surface area contributed by atoms with Crippen LogP contribution in [0.5, 0.6) is 0 Å². The zero-order valence-corrected chi connectivity index (χ0v) is 9.36. The smallest absolute Gasteiger partial charge is 0.0913 e. The van der Waals surface area contributed by atoms with Crippen molar-refractivity contribution in [2.24, 2.45) is 4.99 Å². The molecule has 0 spiro atoms. The predicted molar refractivity (Wildman–Crippen MR) is 64.2 cm³/mol. The van der Waals surface area contributed by atoms with Crippen LogP contribution in [0.3, 0.4) is 0 Å². The lowest BCUT2D eigenvalue weighted by Gasteiger charge is -2.24. The van der Waals surface area contributed by atoms with Crippen LogP contribution in [0.2, 0.25) is 0 Å². The number of morpholine rings is 1. The quantitative estimate of drug-likeness (QED) is 0.470. The number of thiol groups is 1. The average molecular weight is 222 g/mol. The number of aliphatic imine (C=N–C) groups is 1. The highest BCUT2D eigenvalue weighted by Gasteiger charge is 2.05. The SMILES string of the molecule is Sc1ccc(N=CN2CCOCC2)cc1. The maximum Gasteiger partial charge on any atom is 0.0913 e. The van der Waals surface area contributed by atoms with Crippen LogP contribution in [0.15, 0.2) is 34.2 Å². The van der Waals surface area contributed by atoms with Gasteiger partial charge in [-0.2, -0.15) is 0 Å². The lowest BCUT2D eigenvalue weighted by atomic mass is 10.3. The summed E-state index contributed by atoms with van der Waals surface area (Å²) in [6.07, 6.45) is 1.88. The summed E-state index contributed by atoms with van der Waals surface area (Å²) in [4.78, 5) is 7.51. The highest BCUT2D eigenvalue weighted by molar-refractivity contribution is 7.80. The zero-order valence-electron chi connectivity index (χ0n) is 8.47. The number of ether oxygens (including phenoxy) is 1. The molecule has 1 aromatic carbocycles. The van der Waals surface area contributed by atoms with Gasteiger partial charge in [0, 0.05) is 18.0 Å². The average Bonchev–Trinajstić information content (AvgIpc) is 2.30. The largest absolute Gasteiger partial charge is 0.378 e. The van der Waals surface area contributed by atoms with Crippen LogP contribution < -0.4 is 0 Å². The van der Waals surface area contributed by atoms with Gasteiger partial charge in [0.1, 0.15) is 0 Å². The van der Waals surface area contributed by atoms with Gasteiger partial charge >= 0.3 is 0 Å². The Morgan fingerprint density at radius 3 is 2.53 bits per heavy atom. The summed E-state index contributed by atoms with van der Waals surface area (Å²) >= 11 is 4.22. The molecule has 0 aliphatic carbocycles. The normalized spacial score (nSPS) is 17.3. The van der Waals surface area contributed by atoms with Gasteiger partial charge in [0.15, 0.2) is 0 Å². The Balaban J connectivity index is 1.95. The first kappa shape index (κ1) is 10.5. The monoisotopic (exact) mass is 222 g/mol. The summed E-state index contributed by atoms with van der Waals surface area (Å²) in [6.45, 7) is 3.44. The number of hydrogen-bond acceptors (Lipinski definition) is 3. The second-order valence-corrected chi connectivity index (χ2v) is 3.93. The maximum absolute atomic E-state index is 5.25. The highest BCUT2D eigenvalue weighted by atomic mass is 32.1. The molecule has 0 saturated carbocycles. The van der Waals surface area contributed by atoms with Crippen molar-refractivity contribution in [3.63, 3.8) is 0 Å². The van der Waals surface area contributed by atoms with Gasteiger partial charge in [-0.1, -0.05) is 0 Å². The molecular formula is C11H14N2OS. The molecule has 1 saturated heterocycles. The maximum atomic E-state index is 5.25. The molecule has 0 N–H and O–H groups in total. The van der Waals surface area contributed by atoms with E-state index in [1.165, 1.54) is 0 Å². The van der Waals surface area contributed by atoms with Crippen LogP contribution >= 0.6 is 12.6 Å². The fraction of sp³-hybridized carbons (Fsp3) is 0.364. The molecule has 1 aliphatic rings. The molecule has 3 nitrogen and oxygen atoms in total.